The largest absolute Gasteiger partial charge is 0.508 e. The zero-order valence-electron chi connectivity index (χ0n) is 21.9. The molecule has 40 heavy (non-hydrogen) atoms. The highest BCUT2D eigenvalue weighted by Gasteiger charge is 2.55. The second kappa shape index (κ2) is 12.0. The van der Waals surface area contributed by atoms with Crippen molar-refractivity contribution >= 4 is 29.2 Å². The minimum atomic E-state index is -1.05. The van der Waals surface area contributed by atoms with E-state index in [4.69, 9.17) is 0 Å². The number of allylic oxidation sites excluding steroid dienone is 1. The molecule has 1 aliphatic carbocycles. The molecule has 1 aromatic heterocycles. The number of amides is 2. The highest BCUT2D eigenvalue weighted by Crippen LogP contribution is 2.47. The summed E-state index contributed by atoms with van der Waals surface area (Å²) in [5, 5.41) is 41.8. The average Bonchev–Trinajstić information content (AvgIpc) is 3.24. The monoisotopic (exact) mass is 540 g/mol. The molecule has 0 spiro atoms. The van der Waals surface area contributed by atoms with Crippen molar-refractivity contribution in [2.75, 3.05) is 18.1 Å². The number of carbonyl (C=O) groups is 2. The molecule has 0 bridgehead atoms. The number of pyridine rings is 1. The molecule has 2 heterocycles. The standard InChI is InChI=1S/C32H32N2O6/c35-18-22-17-25-30(32(40)34(31(25)39)23-6-2-1-3-7-23)26(19-36)29(22)28(38)14-11-21(27-8-4-5-15-33-27)16-20-9-12-24(37)13-10-20/h1-10,12-13,15-16,25-26,28,30,35-38H,11,14,17-19H2/b21-16-/t25-,26+,28-,30-/m1/s1. The Morgan fingerprint density at radius 3 is 2.35 bits per heavy atom. The molecule has 206 valence electrons. The van der Waals surface area contributed by atoms with Crippen LogP contribution in [0.25, 0.3) is 11.6 Å². The molecule has 4 N–H and O–H groups in total. The molecule has 2 aromatic carbocycles. The van der Waals surface area contributed by atoms with Crippen molar-refractivity contribution in [1.29, 1.82) is 0 Å². The van der Waals surface area contributed by atoms with Crippen molar-refractivity contribution in [2.45, 2.75) is 25.4 Å². The van der Waals surface area contributed by atoms with Gasteiger partial charge in [0.15, 0.2) is 0 Å². The van der Waals surface area contributed by atoms with Crippen LogP contribution in [0.15, 0.2) is 90.1 Å². The predicted octanol–water partition coefficient (Wildman–Crippen LogP) is 3.58. The number of phenols is 1. The van der Waals surface area contributed by atoms with E-state index >= 15 is 0 Å². The van der Waals surface area contributed by atoms with Crippen LogP contribution in [0, 0.1) is 17.8 Å². The number of hydrogen-bond donors (Lipinski definition) is 4. The van der Waals surface area contributed by atoms with Gasteiger partial charge in [-0.3, -0.25) is 19.5 Å². The number of nitrogens with zero attached hydrogens (tertiary/aromatic N) is 2. The third kappa shape index (κ3) is 5.34. The van der Waals surface area contributed by atoms with Gasteiger partial charge in [0.2, 0.25) is 11.8 Å². The smallest absolute Gasteiger partial charge is 0.238 e. The predicted molar refractivity (Wildman–Crippen MR) is 151 cm³/mol. The van der Waals surface area contributed by atoms with Crippen molar-refractivity contribution in [3.8, 4) is 5.75 Å². The number of benzene rings is 2. The maximum atomic E-state index is 13.6. The first-order chi connectivity index (χ1) is 19.4. The molecule has 4 atom stereocenters. The lowest BCUT2D eigenvalue weighted by atomic mass is 9.68. The van der Waals surface area contributed by atoms with Crippen LogP contribution in [0.2, 0.25) is 0 Å². The van der Waals surface area contributed by atoms with Gasteiger partial charge in [0.1, 0.15) is 5.75 Å². The zero-order valence-corrected chi connectivity index (χ0v) is 21.9. The Morgan fingerprint density at radius 1 is 0.975 bits per heavy atom. The van der Waals surface area contributed by atoms with E-state index in [0.717, 1.165) is 16.8 Å². The minimum Gasteiger partial charge on any atom is -0.508 e. The van der Waals surface area contributed by atoms with Crippen molar-refractivity contribution in [3.63, 3.8) is 0 Å². The number of carbonyl (C=O) groups excluding carboxylic acids is 2. The molecule has 2 aliphatic rings. The number of para-hydroxylation sites is 1. The SMILES string of the molecule is O=C1[C@@H]2[C@@H](CC(CO)=C([C@H](O)CC/C(=C/c3ccc(O)cc3)c3ccccn3)[C@@H]2CO)C(=O)N1c1ccccc1. The summed E-state index contributed by atoms with van der Waals surface area (Å²) in [5.74, 6) is -2.91. The van der Waals surface area contributed by atoms with Crippen molar-refractivity contribution in [2.24, 2.45) is 17.8 Å². The molecule has 0 radical (unpaired) electrons. The minimum absolute atomic E-state index is 0.147. The molecular weight excluding hydrogens is 508 g/mol. The van der Waals surface area contributed by atoms with Gasteiger partial charge in [0, 0.05) is 12.1 Å². The summed E-state index contributed by atoms with van der Waals surface area (Å²) in [4.78, 5) is 32.5. The summed E-state index contributed by atoms with van der Waals surface area (Å²) in [7, 11) is 0. The maximum absolute atomic E-state index is 13.6. The first-order valence-corrected chi connectivity index (χ1v) is 13.4. The lowest BCUT2D eigenvalue weighted by Crippen LogP contribution is -2.39. The van der Waals surface area contributed by atoms with Gasteiger partial charge in [0.25, 0.3) is 0 Å². The van der Waals surface area contributed by atoms with Gasteiger partial charge in [0.05, 0.1) is 42.5 Å². The second-order valence-corrected chi connectivity index (χ2v) is 10.2. The van der Waals surface area contributed by atoms with Crippen LogP contribution in [0.4, 0.5) is 5.69 Å². The number of fused-ring (bicyclic) bond motifs is 1. The van der Waals surface area contributed by atoms with Crippen LogP contribution >= 0.6 is 0 Å². The second-order valence-electron chi connectivity index (χ2n) is 10.2. The molecule has 1 fully saturated rings. The fourth-order valence-electron chi connectivity index (χ4n) is 5.98. The van der Waals surface area contributed by atoms with Gasteiger partial charge in [-0.25, -0.2) is 0 Å². The van der Waals surface area contributed by atoms with Crippen molar-refractivity contribution in [1.82, 2.24) is 4.98 Å². The Labute approximate surface area is 232 Å². The van der Waals surface area contributed by atoms with Crippen molar-refractivity contribution < 1.29 is 30.0 Å². The van der Waals surface area contributed by atoms with Crippen LogP contribution in [0.5, 0.6) is 5.75 Å². The average molecular weight is 541 g/mol. The van der Waals surface area contributed by atoms with E-state index in [0.29, 0.717) is 23.3 Å². The molecule has 1 saturated heterocycles. The van der Waals surface area contributed by atoms with E-state index in [1.807, 2.05) is 24.3 Å². The first-order valence-electron chi connectivity index (χ1n) is 13.4. The number of phenolic OH excluding ortho intramolecular Hbond substituents is 1. The summed E-state index contributed by atoms with van der Waals surface area (Å²) in [5.41, 5.74) is 3.84. The van der Waals surface area contributed by atoms with Gasteiger partial charge >= 0.3 is 0 Å². The molecule has 8 nitrogen and oxygen atoms in total. The fourth-order valence-corrected chi connectivity index (χ4v) is 5.98. The Hall–Kier alpha value is -4.11. The van der Waals surface area contributed by atoms with Gasteiger partial charge < -0.3 is 20.4 Å². The molecule has 3 aromatic rings. The normalized spacial score (nSPS) is 22.0. The van der Waals surface area contributed by atoms with E-state index in [2.05, 4.69) is 4.98 Å². The molecular formula is C32H32N2O6. The molecule has 5 rings (SSSR count). The van der Waals surface area contributed by atoms with Crippen LogP contribution in [-0.4, -0.2) is 56.5 Å². The highest BCUT2D eigenvalue weighted by atomic mass is 16.3. The van der Waals surface area contributed by atoms with E-state index in [1.165, 1.54) is 4.90 Å². The fraction of sp³-hybridized carbons (Fsp3) is 0.281. The summed E-state index contributed by atoms with van der Waals surface area (Å²) < 4.78 is 0. The number of rotatable bonds is 9. The zero-order chi connectivity index (χ0) is 28.2. The third-order valence-corrected chi connectivity index (χ3v) is 7.86. The van der Waals surface area contributed by atoms with Crippen LogP contribution < -0.4 is 4.90 Å². The van der Waals surface area contributed by atoms with Gasteiger partial charge in [-0.2, -0.15) is 0 Å². The number of anilines is 1. The van der Waals surface area contributed by atoms with Gasteiger partial charge in [-0.1, -0.05) is 36.4 Å². The Balaban J connectivity index is 1.42. The lowest BCUT2D eigenvalue weighted by molar-refractivity contribution is -0.123. The number of imide groups is 1. The van der Waals surface area contributed by atoms with Gasteiger partial charge in [-0.05, 0) is 84.0 Å². The summed E-state index contributed by atoms with van der Waals surface area (Å²) >= 11 is 0. The molecule has 0 unspecified atom stereocenters. The van der Waals surface area contributed by atoms with Crippen LogP contribution in [0.1, 0.15) is 30.5 Å². The molecule has 8 heteroatoms. The molecule has 0 saturated carbocycles. The van der Waals surface area contributed by atoms with E-state index in [-0.39, 0.29) is 31.1 Å². The third-order valence-electron chi connectivity index (χ3n) is 7.86. The summed E-state index contributed by atoms with van der Waals surface area (Å²) in [6, 6.07) is 21.0. The maximum Gasteiger partial charge on any atom is 0.238 e. The van der Waals surface area contributed by atoms with Crippen LogP contribution in [-0.2, 0) is 9.59 Å². The number of aromatic nitrogens is 1. The molecule has 2 amide bonds. The van der Waals surface area contributed by atoms with E-state index in [1.54, 1.807) is 60.8 Å². The topological polar surface area (TPSA) is 131 Å². The van der Waals surface area contributed by atoms with Crippen LogP contribution in [0.3, 0.4) is 0 Å². The first kappa shape index (κ1) is 27.5. The Bertz CT molecular complexity index is 1420. The summed E-state index contributed by atoms with van der Waals surface area (Å²) in [6.45, 7) is -0.815. The van der Waals surface area contributed by atoms with E-state index in [9.17, 15) is 30.0 Å². The van der Waals surface area contributed by atoms with E-state index < -0.39 is 36.4 Å². The van der Waals surface area contributed by atoms with Gasteiger partial charge in [-0.15, -0.1) is 0 Å². The number of aromatic hydroxyl groups is 1. The van der Waals surface area contributed by atoms with Crippen molar-refractivity contribution in [3.05, 3.63) is 101 Å². The highest BCUT2D eigenvalue weighted by molar-refractivity contribution is 6.22. The number of aliphatic hydroxyl groups is 3. The summed E-state index contributed by atoms with van der Waals surface area (Å²) in [6.07, 6.45) is 3.38. The lowest BCUT2D eigenvalue weighted by Gasteiger charge is -2.36. The number of hydrogen-bond acceptors (Lipinski definition) is 7. The number of aliphatic hydroxyl groups excluding tert-OH is 3. The quantitative estimate of drug-likeness (QED) is 0.241. The Kier molecular flexibility index (Phi) is 8.21. The Morgan fingerprint density at radius 2 is 1.70 bits per heavy atom. The molecule has 1 aliphatic heterocycles.